The Morgan fingerprint density at radius 3 is 0.907 bits per heavy atom. The van der Waals surface area contributed by atoms with Gasteiger partial charge in [0.2, 0.25) is 0 Å². The second-order valence-corrected chi connectivity index (χ2v) is 17.3. The molecule has 0 spiro atoms. The van der Waals surface area contributed by atoms with E-state index < -0.39 is 6.10 Å². The zero-order valence-corrected chi connectivity index (χ0v) is 36.8. The summed E-state index contributed by atoms with van der Waals surface area (Å²) >= 11 is 0. The van der Waals surface area contributed by atoms with E-state index in [9.17, 15) is 14.4 Å². The van der Waals surface area contributed by atoms with Crippen molar-refractivity contribution in [2.24, 2.45) is 11.8 Å². The largest absolute Gasteiger partial charge is 0.462 e. The van der Waals surface area contributed by atoms with Gasteiger partial charge in [-0.05, 0) is 31.1 Å². The maximum atomic E-state index is 12.7. The van der Waals surface area contributed by atoms with E-state index in [1.165, 1.54) is 148 Å². The molecule has 320 valence electrons. The van der Waals surface area contributed by atoms with Crippen molar-refractivity contribution in [1.29, 1.82) is 0 Å². The summed E-state index contributed by atoms with van der Waals surface area (Å²) in [5.41, 5.74) is 0. The van der Waals surface area contributed by atoms with Gasteiger partial charge in [-0.3, -0.25) is 14.4 Å². The predicted octanol–water partition coefficient (Wildman–Crippen LogP) is 15.0. The van der Waals surface area contributed by atoms with Crippen LogP contribution in [0.3, 0.4) is 0 Å². The van der Waals surface area contributed by atoms with E-state index in [0.29, 0.717) is 19.3 Å². The molecule has 0 saturated carbocycles. The first kappa shape index (κ1) is 52.4. The quantitative estimate of drug-likeness (QED) is 0.0350. The molecule has 0 saturated heterocycles. The molecular formula is C48H92O6. The minimum atomic E-state index is -0.760. The van der Waals surface area contributed by atoms with Crippen LogP contribution in [0.1, 0.15) is 259 Å². The molecular weight excluding hydrogens is 673 g/mol. The highest BCUT2D eigenvalue weighted by Gasteiger charge is 2.19. The summed E-state index contributed by atoms with van der Waals surface area (Å²) in [5.74, 6) is 0.762. The fourth-order valence-corrected chi connectivity index (χ4v) is 7.11. The van der Waals surface area contributed by atoms with Crippen LogP contribution < -0.4 is 0 Å². The van der Waals surface area contributed by atoms with E-state index in [4.69, 9.17) is 14.2 Å². The number of ether oxygens (including phenoxy) is 3. The van der Waals surface area contributed by atoms with E-state index in [0.717, 1.165) is 69.6 Å². The maximum Gasteiger partial charge on any atom is 0.306 e. The van der Waals surface area contributed by atoms with Gasteiger partial charge < -0.3 is 14.2 Å². The van der Waals surface area contributed by atoms with Gasteiger partial charge in [0.25, 0.3) is 0 Å². The second-order valence-electron chi connectivity index (χ2n) is 17.3. The summed E-state index contributed by atoms with van der Waals surface area (Å²) in [6.45, 7) is 11.3. The molecule has 6 heteroatoms. The Hall–Kier alpha value is -1.59. The van der Waals surface area contributed by atoms with Gasteiger partial charge in [0.1, 0.15) is 13.2 Å². The molecule has 0 bridgehead atoms. The Bertz CT molecular complexity index is 824. The van der Waals surface area contributed by atoms with Gasteiger partial charge in [-0.1, -0.05) is 221 Å². The van der Waals surface area contributed by atoms with Crippen LogP contribution >= 0.6 is 0 Å². The molecule has 0 aromatic rings. The van der Waals surface area contributed by atoms with Crippen molar-refractivity contribution in [1.82, 2.24) is 0 Å². The molecule has 0 fully saturated rings. The highest BCUT2D eigenvalue weighted by atomic mass is 16.6. The third-order valence-corrected chi connectivity index (χ3v) is 10.7. The molecule has 6 nitrogen and oxygen atoms in total. The Labute approximate surface area is 336 Å². The van der Waals surface area contributed by atoms with E-state index in [-0.39, 0.29) is 31.1 Å². The van der Waals surface area contributed by atoms with Crippen molar-refractivity contribution in [3.63, 3.8) is 0 Å². The average Bonchev–Trinajstić information content (AvgIpc) is 3.14. The molecule has 0 amide bonds. The average molecular weight is 765 g/mol. The lowest BCUT2D eigenvalue weighted by atomic mass is 10.0. The fraction of sp³-hybridized carbons (Fsp3) is 0.938. The minimum absolute atomic E-state index is 0.0649. The maximum absolute atomic E-state index is 12.7. The lowest BCUT2D eigenvalue weighted by Gasteiger charge is -2.18. The van der Waals surface area contributed by atoms with Gasteiger partial charge in [-0.2, -0.15) is 0 Å². The summed E-state index contributed by atoms with van der Waals surface area (Å²) in [6, 6.07) is 0. The lowest BCUT2D eigenvalue weighted by molar-refractivity contribution is -0.167. The lowest BCUT2D eigenvalue weighted by Crippen LogP contribution is -2.30. The zero-order valence-electron chi connectivity index (χ0n) is 36.8. The molecule has 1 atom stereocenters. The first-order valence-corrected chi connectivity index (χ1v) is 23.7. The highest BCUT2D eigenvalue weighted by molar-refractivity contribution is 5.71. The van der Waals surface area contributed by atoms with Crippen LogP contribution in [-0.4, -0.2) is 37.2 Å². The Balaban J connectivity index is 4.30. The van der Waals surface area contributed by atoms with Crippen molar-refractivity contribution in [3.05, 3.63) is 0 Å². The molecule has 0 aromatic heterocycles. The third-order valence-electron chi connectivity index (χ3n) is 10.7. The summed E-state index contributed by atoms with van der Waals surface area (Å²) in [6.07, 6.45) is 39.5. The first-order valence-electron chi connectivity index (χ1n) is 23.7. The van der Waals surface area contributed by atoms with Crippen LogP contribution in [0.4, 0.5) is 0 Å². The van der Waals surface area contributed by atoms with Crippen molar-refractivity contribution in [2.75, 3.05) is 13.2 Å². The van der Waals surface area contributed by atoms with Crippen LogP contribution in [0, 0.1) is 11.8 Å². The van der Waals surface area contributed by atoms with Gasteiger partial charge in [0, 0.05) is 19.3 Å². The van der Waals surface area contributed by atoms with Crippen LogP contribution in [0.5, 0.6) is 0 Å². The number of hydrogen-bond acceptors (Lipinski definition) is 6. The summed E-state index contributed by atoms with van der Waals surface area (Å²) in [7, 11) is 0. The van der Waals surface area contributed by atoms with Crippen LogP contribution in [-0.2, 0) is 28.6 Å². The number of carbonyl (C=O) groups excluding carboxylic acids is 3. The van der Waals surface area contributed by atoms with Crippen molar-refractivity contribution in [3.8, 4) is 0 Å². The van der Waals surface area contributed by atoms with E-state index in [1.54, 1.807) is 0 Å². The molecule has 0 N–H and O–H groups in total. The molecule has 0 aliphatic heterocycles. The first-order chi connectivity index (χ1) is 26.2. The van der Waals surface area contributed by atoms with Crippen LogP contribution in [0.25, 0.3) is 0 Å². The SMILES string of the molecule is CCCCCCCCCCCCC(=O)OC[C@H](COC(=O)CCCCCCCCCC(C)C)OC(=O)CCCCCCCCCCCCCCCC(C)C. The molecule has 0 rings (SSSR count). The smallest absolute Gasteiger partial charge is 0.306 e. The zero-order chi connectivity index (χ0) is 39.7. The number of unbranched alkanes of at least 4 members (excludes halogenated alkanes) is 27. The summed E-state index contributed by atoms with van der Waals surface area (Å²) in [5, 5.41) is 0. The molecule has 54 heavy (non-hydrogen) atoms. The summed E-state index contributed by atoms with van der Waals surface area (Å²) < 4.78 is 16.7. The molecule has 0 radical (unpaired) electrons. The molecule has 0 aromatic carbocycles. The molecule has 0 aliphatic carbocycles. The van der Waals surface area contributed by atoms with Gasteiger partial charge in [-0.25, -0.2) is 0 Å². The number of esters is 3. The normalized spacial score (nSPS) is 12.1. The van der Waals surface area contributed by atoms with E-state index >= 15 is 0 Å². The molecule has 0 heterocycles. The van der Waals surface area contributed by atoms with Gasteiger partial charge in [0.05, 0.1) is 0 Å². The number of rotatable bonds is 42. The van der Waals surface area contributed by atoms with E-state index in [1.807, 2.05) is 0 Å². The Kier molecular flexibility index (Phi) is 39.8. The third kappa shape index (κ3) is 41.6. The predicted molar refractivity (Wildman–Crippen MR) is 229 cm³/mol. The van der Waals surface area contributed by atoms with Gasteiger partial charge in [-0.15, -0.1) is 0 Å². The van der Waals surface area contributed by atoms with Crippen molar-refractivity contribution < 1.29 is 28.6 Å². The molecule has 0 aliphatic rings. The van der Waals surface area contributed by atoms with Gasteiger partial charge >= 0.3 is 17.9 Å². The topological polar surface area (TPSA) is 78.9 Å². The van der Waals surface area contributed by atoms with Crippen LogP contribution in [0.2, 0.25) is 0 Å². The van der Waals surface area contributed by atoms with E-state index in [2.05, 4.69) is 34.6 Å². The monoisotopic (exact) mass is 765 g/mol. The van der Waals surface area contributed by atoms with Gasteiger partial charge in [0.15, 0.2) is 6.10 Å². The molecule has 0 unspecified atom stereocenters. The van der Waals surface area contributed by atoms with Crippen LogP contribution in [0.15, 0.2) is 0 Å². The number of hydrogen-bond donors (Lipinski definition) is 0. The Morgan fingerprint density at radius 1 is 0.352 bits per heavy atom. The minimum Gasteiger partial charge on any atom is -0.462 e. The highest BCUT2D eigenvalue weighted by Crippen LogP contribution is 2.17. The Morgan fingerprint density at radius 2 is 0.611 bits per heavy atom. The second kappa shape index (κ2) is 41.1. The standard InChI is InChI=1S/C48H92O6/c1-6-7-8-9-10-11-18-23-28-33-38-46(49)52-41-45(42-53-47(50)39-34-29-25-20-22-27-32-37-44(4)5)54-48(51)40-35-30-24-19-16-14-12-13-15-17-21-26-31-36-43(2)3/h43-45H,6-42H2,1-5H3/t45-/m1/s1. The fourth-order valence-electron chi connectivity index (χ4n) is 7.11. The summed E-state index contributed by atoms with van der Waals surface area (Å²) in [4.78, 5) is 37.7. The number of carbonyl (C=O) groups is 3. The van der Waals surface area contributed by atoms with Crippen molar-refractivity contribution >= 4 is 17.9 Å². The van der Waals surface area contributed by atoms with Crippen molar-refractivity contribution in [2.45, 2.75) is 265 Å².